The Morgan fingerprint density at radius 1 is 1.07 bits per heavy atom. The van der Waals surface area contributed by atoms with Crippen LogP contribution in [-0.2, 0) is 7.05 Å². The number of rotatable bonds is 3. The van der Waals surface area contributed by atoms with E-state index in [1.807, 2.05) is 30.4 Å². The van der Waals surface area contributed by atoms with Gasteiger partial charge in [-0.05, 0) is 49.2 Å². The van der Waals surface area contributed by atoms with Gasteiger partial charge in [-0.1, -0.05) is 30.7 Å². The predicted molar refractivity (Wildman–Crippen MR) is 113 cm³/mol. The Kier molecular flexibility index (Phi) is 4.59. The van der Waals surface area contributed by atoms with Crippen LogP contribution in [0.15, 0.2) is 48.7 Å². The van der Waals surface area contributed by atoms with Gasteiger partial charge in [0.2, 0.25) is 0 Å². The number of pyridine rings is 1. The van der Waals surface area contributed by atoms with Gasteiger partial charge in [0, 0.05) is 36.0 Å². The van der Waals surface area contributed by atoms with Crippen LogP contribution in [0.2, 0.25) is 0 Å². The van der Waals surface area contributed by atoms with Crippen LogP contribution in [0, 0.1) is 5.82 Å². The maximum atomic E-state index is 13.5. The molecule has 5 rings (SSSR count). The lowest BCUT2D eigenvalue weighted by molar-refractivity contribution is 0.138. The first-order valence-electron chi connectivity index (χ1n) is 10.3. The summed E-state index contributed by atoms with van der Waals surface area (Å²) in [7, 11) is 1.68. The minimum atomic E-state index is -0.268. The quantitative estimate of drug-likeness (QED) is 0.648. The highest BCUT2D eigenvalue weighted by atomic mass is 19.1. The predicted octanol–water partition coefficient (Wildman–Crippen LogP) is 4.93. The van der Waals surface area contributed by atoms with Crippen LogP contribution in [0.1, 0.15) is 48.2 Å². The zero-order valence-electron chi connectivity index (χ0n) is 16.8. The highest BCUT2D eigenvalue weighted by molar-refractivity contribution is 5.64. The Hall–Kier alpha value is -3.12. The molecule has 4 heterocycles. The number of aromatic hydroxyl groups is 2. The lowest BCUT2D eigenvalue weighted by Gasteiger charge is -2.33. The van der Waals surface area contributed by atoms with Gasteiger partial charge in [-0.15, -0.1) is 0 Å². The second-order valence-electron chi connectivity index (χ2n) is 8.07. The van der Waals surface area contributed by atoms with Crippen molar-refractivity contribution in [1.29, 1.82) is 0 Å². The summed E-state index contributed by atoms with van der Waals surface area (Å²) in [6.45, 7) is 0.933. The number of nitrogens with zero attached hydrogens (tertiary/aromatic N) is 3. The molecule has 0 radical (unpaired) electrons. The van der Waals surface area contributed by atoms with Gasteiger partial charge in [-0.25, -0.2) is 4.39 Å². The summed E-state index contributed by atoms with van der Waals surface area (Å²) in [5.74, 6) is 0.0179. The lowest BCUT2D eigenvalue weighted by atomic mass is 9.99. The Morgan fingerprint density at radius 3 is 2.67 bits per heavy atom. The van der Waals surface area contributed by atoms with Crippen molar-refractivity contribution in [2.75, 3.05) is 6.54 Å². The number of fused-ring (bicyclic) bond motifs is 3. The SMILES string of the molecule is Cn1c(O)c2c(c1O)C1CCCCN1C2/C=C/c1ccc(-c2cccc(F)c2)cn1. The molecule has 2 aliphatic rings. The molecule has 0 spiro atoms. The molecule has 1 saturated heterocycles. The molecule has 30 heavy (non-hydrogen) atoms. The maximum absolute atomic E-state index is 13.5. The van der Waals surface area contributed by atoms with Crippen molar-refractivity contribution in [1.82, 2.24) is 14.5 Å². The Bertz CT molecular complexity index is 1120. The monoisotopic (exact) mass is 405 g/mol. The zero-order valence-corrected chi connectivity index (χ0v) is 16.8. The third-order valence-corrected chi connectivity index (χ3v) is 6.33. The summed E-state index contributed by atoms with van der Waals surface area (Å²) in [6, 6.07) is 10.3. The van der Waals surface area contributed by atoms with Gasteiger partial charge in [0.1, 0.15) is 5.82 Å². The fraction of sp³-hybridized carbons (Fsp3) is 0.292. The summed E-state index contributed by atoms with van der Waals surface area (Å²) in [6.07, 6.45) is 8.95. The largest absolute Gasteiger partial charge is 0.494 e. The fourth-order valence-corrected chi connectivity index (χ4v) is 4.82. The van der Waals surface area contributed by atoms with Crippen molar-refractivity contribution in [2.45, 2.75) is 31.3 Å². The molecule has 2 atom stereocenters. The molecule has 5 nitrogen and oxygen atoms in total. The van der Waals surface area contributed by atoms with Crippen molar-refractivity contribution in [3.63, 3.8) is 0 Å². The van der Waals surface area contributed by atoms with E-state index in [4.69, 9.17) is 0 Å². The topological polar surface area (TPSA) is 61.5 Å². The number of hydrogen-bond acceptors (Lipinski definition) is 4. The van der Waals surface area contributed by atoms with E-state index in [0.717, 1.165) is 53.8 Å². The van der Waals surface area contributed by atoms with Gasteiger partial charge in [-0.3, -0.25) is 14.5 Å². The van der Waals surface area contributed by atoms with Crippen molar-refractivity contribution in [2.24, 2.45) is 7.05 Å². The van der Waals surface area contributed by atoms with Gasteiger partial charge in [0.05, 0.1) is 11.7 Å². The van der Waals surface area contributed by atoms with Crippen molar-refractivity contribution in [3.05, 3.63) is 71.3 Å². The first-order valence-corrected chi connectivity index (χ1v) is 10.3. The molecular formula is C24H24FN3O2. The molecular weight excluding hydrogens is 381 g/mol. The van der Waals surface area contributed by atoms with Gasteiger partial charge >= 0.3 is 0 Å². The smallest absolute Gasteiger partial charge is 0.199 e. The summed E-state index contributed by atoms with van der Waals surface area (Å²) in [5.41, 5.74) is 4.10. The number of aromatic nitrogens is 2. The average molecular weight is 405 g/mol. The van der Waals surface area contributed by atoms with E-state index in [9.17, 15) is 14.6 Å². The molecule has 154 valence electrons. The fourth-order valence-electron chi connectivity index (χ4n) is 4.82. The number of piperidine rings is 1. The molecule has 2 N–H and O–H groups in total. The van der Waals surface area contributed by atoms with Crippen molar-refractivity contribution in [3.8, 4) is 22.9 Å². The zero-order chi connectivity index (χ0) is 20.8. The van der Waals surface area contributed by atoms with Crippen LogP contribution in [-0.4, -0.2) is 31.2 Å². The molecule has 2 unspecified atom stereocenters. The second-order valence-corrected chi connectivity index (χ2v) is 8.07. The number of benzene rings is 1. The summed E-state index contributed by atoms with van der Waals surface area (Å²) >= 11 is 0. The van der Waals surface area contributed by atoms with Gasteiger partial charge < -0.3 is 10.2 Å². The molecule has 1 aromatic carbocycles. The van der Waals surface area contributed by atoms with E-state index in [-0.39, 0.29) is 29.7 Å². The summed E-state index contributed by atoms with van der Waals surface area (Å²) < 4.78 is 14.9. The van der Waals surface area contributed by atoms with E-state index < -0.39 is 0 Å². The minimum Gasteiger partial charge on any atom is -0.494 e. The molecule has 0 aliphatic carbocycles. The van der Waals surface area contributed by atoms with Crippen molar-refractivity contribution >= 4 is 6.08 Å². The molecule has 2 aliphatic heterocycles. The summed E-state index contributed by atoms with van der Waals surface area (Å²) in [5, 5.41) is 21.2. The standard InChI is InChI=1S/C24H24FN3O2/c1-27-23(29)21-19-7-2-3-12-28(19)20(22(21)24(27)30)11-10-18-9-8-16(14-26-18)15-5-4-6-17(25)13-15/h4-6,8-11,13-14,19-20,29-30H,2-3,7,12H2,1H3/b11-10+. The lowest BCUT2D eigenvalue weighted by Crippen LogP contribution is -2.30. The third-order valence-electron chi connectivity index (χ3n) is 6.33. The van der Waals surface area contributed by atoms with Crippen LogP contribution in [0.3, 0.4) is 0 Å². The highest BCUT2D eigenvalue weighted by Crippen LogP contribution is 2.54. The number of hydrogen-bond donors (Lipinski definition) is 2. The van der Waals surface area contributed by atoms with Crippen LogP contribution >= 0.6 is 0 Å². The van der Waals surface area contributed by atoms with Gasteiger partial charge in [0.25, 0.3) is 0 Å². The van der Waals surface area contributed by atoms with Gasteiger partial charge in [0.15, 0.2) is 11.8 Å². The molecule has 0 bridgehead atoms. The van der Waals surface area contributed by atoms with Gasteiger partial charge in [-0.2, -0.15) is 0 Å². The second kappa shape index (κ2) is 7.29. The van der Waals surface area contributed by atoms with E-state index in [1.165, 1.54) is 16.7 Å². The van der Waals surface area contributed by atoms with Crippen molar-refractivity contribution < 1.29 is 14.6 Å². The Balaban J connectivity index is 1.44. The Labute approximate surface area is 174 Å². The van der Waals surface area contributed by atoms with Crippen LogP contribution in [0.5, 0.6) is 11.8 Å². The van der Waals surface area contributed by atoms with E-state index >= 15 is 0 Å². The maximum Gasteiger partial charge on any atom is 0.199 e. The van der Waals surface area contributed by atoms with E-state index in [0.29, 0.717) is 0 Å². The first-order chi connectivity index (χ1) is 14.5. The van der Waals surface area contributed by atoms with Crippen LogP contribution in [0.25, 0.3) is 17.2 Å². The molecule has 3 aromatic rings. The molecule has 2 aromatic heterocycles. The molecule has 0 amide bonds. The third kappa shape index (κ3) is 2.99. The summed E-state index contributed by atoms with van der Waals surface area (Å²) in [4.78, 5) is 6.86. The molecule has 6 heteroatoms. The molecule has 0 saturated carbocycles. The van der Waals surface area contributed by atoms with E-state index in [2.05, 4.69) is 9.88 Å². The minimum absolute atomic E-state index is 0.0953. The highest BCUT2D eigenvalue weighted by Gasteiger charge is 2.44. The number of halogens is 1. The average Bonchev–Trinajstić information content (AvgIpc) is 3.21. The van der Waals surface area contributed by atoms with E-state index in [1.54, 1.807) is 19.3 Å². The first kappa shape index (κ1) is 18.9. The Morgan fingerprint density at radius 2 is 1.90 bits per heavy atom. The van der Waals surface area contributed by atoms with Crippen LogP contribution < -0.4 is 0 Å². The normalized spacial score (nSPS) is 21.1. The molecule has 1 fully saturated rings. The van der Waals surface area contributed by atoms with Crippen LogP contribution in [0.4, 0.5) is 4.39 Å².